The number of pyridine rings is 1. The molecule has 0 saturated heterocycles. The lowest BCUT2D eigenvalue weighted by molar-refractivity contribution is 0.913. The normalized spacial score (nSPS) is 10.2. The van der Waals surface area contributed by atoms with E-state index in [0.29, 0.717) is 6.54 Å². The summed E-state index contributed by atoms with van der Waals surface area (Å²) >= 11 is 0. The van der Waals surface area contributed by atoms with Gasteiger partial charge in [0.25, 0.3) is 0 Å². The van der Waals surface area contributed by atoms with E-state index >= 15 is 0 Å². The molecule has 0 amide bonds. The van der Waals surface area contributed by atoms with Gasteiger partial charge in [0.15, 0.2) is 5.82 Å². The van der Waals surface area contributed by atoms with Crippen LogP contribution in [0.5, 0.6) is 0 Å². The molecule has 0 bridgehead atoms. The van der Waals surface area contributed by atoms with Crippen LogP contribution in [0.15, 0.2) is 36.8 Å². The lowest BCUT2D eigenvalue weighted by Gasteiger charge is -2.01. The monoisotopic (exact) mass is 200 g/mol. The molecule has 76 valence electrons. The average molecular weight is 200 g/mol. The maximum Gasteiger partial charge on any atom is 0.159 e. The molecule has 0 aromatic carbocycles. The first kappa shape index (κ1) is 9.73. The molecule has 0 aliphatic carbocycles. The van der Waals surface area contributed by atoms with Crippen molar-refractivity contribution in [3.05, 3.63) is 42.5 Å². The Morgan fingerprint density at radius 2 is 1.87 bits per heavy atom. The van der Waals surface area contributed by atoms with Crippen LogP contribution in [0.3, 0.4) is 0 Å². The van der Waals surface area contributed by atoms with Crippen molar-refractivity contribution < 1.29 is 0 Å². The Balaban J connectivity index is 2.33. The zero-order valence-electron chi connectivity index (χ0n) is 8.30. The minimum absolute atomic E-state index is 0.604. The quantitative estimate of drug-likeness (QED) is 0.804. The number of nitrogens with zero attached hydrogens (tertiary/aromatic N) is 3. The third-order valence-corrected chi connectivity index (χ3v) is 2.05. The molecule has 4 heteroatoms. The summed E-state index contributed by atoms with van der Waals surface area (Å²) in [6.07, 6.45) is 6.00. The molecule has 0 spiro atoms. The number of nitrogens with two attached hydrogens (primary N) is 1. The standard InChI is InChI=1S/C11H12N4/c12-5-1-10-4-8-14-11(15-10)9-2-6-13-7-3-9/h2-4,6-8H,1,5,12H2. The van der Waals surface area contributed by atoms with Gasteiger partial charge in [-0.1, -0.05) is 0 Å². The Morgan fingerprint density at radius 3 is 2.60 bits per heavy atom. The zero-order chi connectivity index (χ0) is 10.5. The second-order valence-electron chi connectivity index (χ2n) is 3.15. The first-order valence-corrected chi connectivity index (χ1v) is 4.82. The van der Waals surface area contributed by atoms with E-state index in [-0.39, 0.29) is 0 Å². The summed E-state index contributed by atoms with van der Waals surface area (Å²) in [6.45, 7) is 0.604. The van der Waals surface area contributed by atoms with Crippen LogP contribution in [0.1, 0.15) is 5.69 Å². The maximum atomic E-state index is 5.48. The molecule has 0 saturated carbocycles. The molecule has 4 nitrogen and oxygen atoms in total. The SMILES string of the molecule is NCCc1ccnc(-c2ccncc2)n1. The number of aromatic nitrogens is 3. The van der Waals surface area contributed by atoms with Gasteiger partial charge in [-0.2, -0.15) is 0 Å². The Kier molecular flexibility index (Phi) is 2.99. The first-order chi connectivity index (χ1) is 7.40. The van der Waals surface area contributed by atoms with Gasteiger partial charge < -0.3 is 5.73 Å². The molecule has 0 unspecified atom stereocenters. The molecule has 0 aliphatic rings. The van der Waals surface area contributed by atoms with Gasteiger partial charge in [-0.25, -0.2) is 9.97 Å². The van der Waals surface area contributed by atoms with Crippen molar-refractivity contribution in [1.82, 2.24) is 15.0 Å². The van der Waals surface area contributed by atoms with Crippen LogP contribution in [0.4, 0.5) is 0 Å². The highest BCUT2D eigenvalue weighted by Gasteiger charge is 2.01. The topological polar surface area (TPSA) is 64.7 Å². The van der Waals surface area contributed by atoms with E-state index in [1.54, 1.807) is 18.6 Å². The Bertz CT molecular complexity index is 428. The molecule has 0 radical (unpaired) electrons. The van der Waals surface area contributed by atoms with Crippen LogP contribution in [-0.4, -0.2) is 21.5 Å². The number of hydrogen-bond acceptors (Lipinski definition) is 4. The van der Waals surface area contributed by atoms with E-state index in [0.717, 1.165) is 23.5 Å². The van der Waals surface area contributed by atoms with Gasteiger partial charge in [-0.3, -0.25) is 4.98 Å². The highest BCUT2D eigenvalue weighted by molar-refractivity contribution is 5.53. The van der Waals surface area contributed by atoms with Gasteiger partial charge in [-0.05, 0) is 24.7 Å². The predicted molar refractivity (Wildman–Crippen MR) is 58.0 cm³/mol. The van der Waals surface area contributed by atoms with Crippen molar-refractivity contribution in [2.75, 3.05) is 6.54 Å². The van der Waals surface area contributed by atoms with Gasteiger partial charge in [0, 0.05) is 36.3 Å². The summed E-state index contributed by atoms with van der Waals surface area (Å²) < 4.78 is 0. The number of rotatable bonds is 3. The summed E-state index contributed by atoms with van der Waals surface area (Å²) in [7, 11) is 0. The van der Waals surface area contributed by atoms with E-state index in [9.17, 15) is 0 Å². The third kappa shape index (κ3) is 2.35. The molecule has 0 atom stereocenters. The third-order valence-electron chi connectivity index (χ3n) is 2.05. The summed E-state index contributed by atoms with van der Waals surface area (Å²) in [5.41, 5.74) is 7.43. The largest absolute Gasteiger partial charge is 0.330 e. The van der Waals surface area contributed by atoms with Gasteiger partial charge in [0.1, 0.15) is 0 Å². The summed E-state index contributed by atoms with van der Waals surface area (Å²) in [4.78, 5) is 12.6. The van der Waals surface area contributed by atoms with E-state index in [1.807, 2.05) is 18.2 Å². The lowest BCUT2D eigenvalue weighted by Crippen LogP contribution is -2.05. The first-order valence-electron chi connectivity index (χ1n) is 4.82. The highest BCUT2D eigenvalue weighted by Crippen LogP contribution is 2.12. The molecular weight excluding hydrogens is 188 g/mol. The van der Waals surface area contributed by atoms with E-state index in [4.69, 9.17) is 5.73 Å². The van der Waals surface area contributed by atoms with E-state index in [1.165, 1.54) is 0 Å². The maximum absolute atomic E-state index is 5.48. The van der Waals surface area contributed by atoms with Crippen LogP contribution in [0.25, 0.3) is 11.4 Å². The van der Waals surface area contributed by atoms with Crippen molar-refractivity contribution in [2.45, 2.75) is 6.42 Å². The van der Waals surface area contributed by atoms with Crippen LogP contribution >= 0.6 is 0 Å². The smallest absolute Gasteiger partial charge is 0.159 e. The van der Waals surface area contributed by atoms with Gasteiger partial charge >= 0.3 is 0 Å². The Morgan fingerprint density at radius 1 is 1.07 bits per heavy atom. The van der Waals surface area contributed by atoms with Crippen LogP contribution in [0.2, 0.25) is 0 Å². The molecule has 2 N–H and O–H groups in total. The molecule has 2 heterocycles. The summed E-state index contributed by atoms with van der Waals surface area (Å²) in [6, 6.07) is 5.67. The van der Waals surface area contributed by atoms with Crippen molar-refractivity contribution in [3.63, 3.8) is 0 Å². The molecule has 0 aliphatic heterocycles. The second-order valence-corrected chi connectivity index (χ2v) is 3.15. The van der Waals surface area contributed by atoms with Crippen LogP contribution in [0, 0.1) is 0 Å². The summed E-state index contributed by atoms with van der Waals surface area (Å²) in [5.74, 6) is 0.725. The minimum atomic E-state index is 0.604. The Labute approximate surface area is 88.2 Å². The van der Waals surface area contributed by atoms with Gasteiger partial charge in [-0.15, -0.1) is 0 Å². The van der Waals surface area contributed by atoms with Crippen molar-refractivity contribution in [1.29, 1.82) is 0 Å². The second kappa shape index (κ2) is 4.61. The Hall–Kier alpha value is -1.81. The van der Waals surface area contributed by atoms with Crippen molar-refractivity contribution >= 4 is 0 Å². The van der Waals surface area contributed by atoms with Crippen LogP contribution < -0.4 is 5.73 Å². The zero-order valence-corrected chi connectivity index (χ0v) is 8.30. The highest BCUT2D eigenvalue weighted by atomic mass is 14.9. The van der Waals surface area contributed by atoms with Crippen molar-refractivity contribution in [3.8, 4) is 11.4 Å². The van der Waals surface area contributed by atoms with Gasteiger partial charge in [0.05, 0.1) is 0 Å². The lowest BCUT2D eigenvalue weighted by atomic mass is 10.2. The van der Waals surface area contributed by atoms with Crippen LogP contribution in [-0.2, 0) is 6.42 Å². The van der Waals surface area contributed by atoms with Crippen molar-refractivity contribution in [2.24, 2.45) is 5.73 Å². The average Bonchev–Trinajstić information content (AvgIpc) is 2.31. The fraction of sp³-hybridized carbons (Fsp3) is 0.182. The fourth-order valence-corrected chi connectivity index (χ4v) is 1.32. The molecule has 15 heavy (non-hydrogen) atoms. The number of hydrogen-bond donors (Lipinski definition) is 1. The van der Waals surface area contributed by atoms with Gasteiger partial charge in [0.2, 0.25) is 0 Å². The van der Waals surface area contributed by atoms with E-state index < -0.39 is 0 Å². The van der Waals surface area contributed by atoms with E-state index in [2.05, 4.69) is 15.0 Å². The molecule has 2 aromatic rings. The summed E-state index contributed by atoms with van der Waals surface area (Å²) in [5, 5.41) is 0. The molecule has 2 aromatic heterocycles. The molecular formula is C11H12N4. The predicted octanol–water partition coefficient (Wildman–Crippen LogP) is 1.04. The minimum Gasteiger partial charge on any atom is -0.330 e. The molecule has 2 rings (SSSR count). The fourth-order valence-electron chi connectivity index (χ4n) is 1.32. The molecule has 0 fully saturated rings.